The fourth-order valence-corrected chi connectivity index (χ4v) is 2.47. The highest BCUT2D eigenvalue weighted by molar-refractivity contribution is 6.34. The zero-order valence-corrected chi connectivity index (χ0v) is 13.6. The number of nitrogens with one attached hydrogen (secondary N) is 1. The second-order valence-corrected chi connectivity index (χ2v) is 5.28. The molecule has 0 aliphatic rings. The molecule has 122 valence electrons. The zero-order valence-electron chi connectivity index (χ0n) is 12.8. The third kappa shape index (κ3) is 3.50. The molecule has 1 heterocycles. The first kappa shape index (κ1) is 17.0. The van der Waals surface area contributed by atoms with Crippen LogP contribution in [0.15, 0.2) is 18.2 Å². The quantitative estimate of drug-likeness (QED) is 0.843. The summed E-state index contributed by atoms with van der Waals surface area (Å²) in [6.45, 7) is 4.26. The fourth-order valence-electron chi connectivity index (χ4n) is 2.21. The number of rotatable bonds is 6. The van der Waals surface area contributed by atoms with Crippen molar-refractivity contribution in [2.75, 3.05) is 6.54 Å². The smallest absolute Gasteiger partial charge is 0.358 e. The maximum Gasteiger partial charge on any atom is 0.358 e. The Kier molecular flexibility index (Phi) is 5.33. The number of aromatic carboxylic acids is 1. The molecule has 0 saturated carbocycles. The van der Waals surface area contributed by atoms with Crippen LogP contribution < -0.4 is 5.32 Å². The number of carboxylic acid groups (broad SMARTS) is 1. The highest BCUT2D eigenvalue weighted by atomic mass is 35.5. The Morgan fingerprint density at radius 2 is 2.09 bits per heavy atom. The number of hydrogen-bond donors (Lipinski definition) is 2. The van der Waals surface area contributed by atoms with Crippen LogP contribution in [0.2, 0.25) is 5.02 Å². The van der Waals surface area contributed by atoms with Crippen molar-refractivity contribution in [2.45, 2.75) is 26.7 Å². The number of amides is 1. The molecule has 2 rings (SSSR count). The minimum Gasteiger partial charge on any atom is -0.476 e. The van der Waals surface area contributed by atoms with E-state index in [2.05, 4.69) is 15.6 Å². The van der Waals surface area contributed by atoms with Gasteiger partial charge in [-0.15, -0.1) is 5.10 Å². The zero-order chi connectivity index (χ0) is 17.0. The van der Waals surface area contributed by atoms with Crippen LogP contribution >= 0.6 is 11.6 Å². The minimum atomic E-state index is -1.12. The lowest BCUT2D eigenvalue weighted by molar-refractivity contribution is 0.0689. The summed E-state index contributed by atoms with van der Waals surface area (Å²) in [5.41, 5.74) is 1.34. The lowest BCUT2D eigenvalue weighted by atomic mass is 10.1. The normalized spacial score (nSPS) is 10.6. The van der Waals surface area contributed by atoms with Crippen molar-refractivity contribution in [3.05, 3.63) is 40.2 Å². The van der Waals surface area contributed by atoms with Gasteiger partial charge in [0.25, 0.3) is 5.91 Å². The van der Waals surface area contributed by atoms with Gasteiger partial charge in [-0.1, -0.05) is 30.2 Å². The van der Waals surface area contributed by atoms with Crippen LogP contribution in [0.5, 0.6) is 0 Å². The lowest BCUT2D eigenvalue weighted by Gasteiger charge is -2.09. The van der Waals surface area contributed by atoms with Crippen LogP contribution in [0.25, 0.3) is 5.69 Å². The average molecular weight is 337 g/mol. The molecule has 0 bridgehead atoms. The molecule has 0 atom stereocenters. The van der Waals surface area contributed by atoms with E-state index in [1.807, 2.05) is 13.8 Å². The molecular formula is C15H17ClN4O3. The van der Waals surface area contributed by atoms with Crippen molar-refractivity contribution in [1.82, 2.24) is 20.3 Å². The van der Waals surface area contributed by atoms with E-state index in [0.29, 0.717) is 29.9 Å². The topological polar surface area (TPSA) is 97.1 Å². The van der Waals surface area contributed by atoms with Crippen LogP contribution in [0, 0.1) is 0 Å². The van der Waals surface area contributed by atoms with E-state index < -0.39 is 5.97 Å². The molecule has 0 unspecified atom stereocenters. The molecule has 7 nitrogen and oxygen atoms in total. The Hall–Kier alpha value is -2.41. The molecule has 0 aliphatic heterocycles. The summed E-state index contributed by atoms with van der Waals surface area (Å²) in [5.74, 6) is -1.38. The summed E-state index contributed by atoms with van der Waals surface area (Å²) in [6, 6.07) is 4.82. The molecule has 1 amide bonds. The van der Waals surface area contributed by atoms with Gasteiger partial charge in [0.15, 0.2) is 5.69 Å². The van der Waals surface area contributed by atoms with E-state index in [1.54, 1.807) is 18.2 Å². The third-order valence-corrected chi connectivity index (χ3v) is 3.54. The monoisotopic (exact) mass is 336 g/mol. The Morgan fingerprint density at radius 3 is 2.65 bits per heavy atom. The number of benzene rings is 1. The molecule has 23 heavy (non-hydrogen) atoms. The summed E-state index contributed by atoms with van der Waals surface area (Å²) >= 11 is 6.17. The lowest BCUT2D eigenvalue weighted by Crippen LogP contribution is -2.23. The van der Waals surface area contributed by atoms with Gasteiger partial charge in [-0.3, -0.25) is 4.79 Å². The molecule has 8 heteroatoms. The Morgan fingerprint density at radius 1 is 1.35 bits per heavy atom. The van der Waals surface area contributed by atoms with E-state index in [4.69, 9.17) is 11.6 Å². The maximum atomic E-state index is 11.9. The predicted molar refractivity (Wildman–Crippen MR) is 85.3 cm³/mol. The van der Waals surface area contributed by atoms with E-state index in [9.17, 15) is 14.7 Å². The molecule has 2 aromatic rings. The van der Waals surface area contributed by atoms with Crippen LogP contribution in [0.3, 0.4) is 0 Å². The molecule has 1 aromatic carbocycles. The summed E-state index contributed by atoms with van der Waals surface area (Å²) in [7, 11) is 0. The molecular weight excluding hydrogens is 320 g/mol. The number of halogens is 1. The van der Waals surface area contributed by atoms with Gasteiger partial charge in [-0.05, 0) is 31.5 Å². The summed E-state index contributed by atoms with van der Waals surface area (Å²) in [5, 5.41) is 19.8. The van der Waals surface area contributed by atoms with Gasteiger partial charge in [0.05, 0.1) is 22.0 Å². The molecule has 0 spiro atoms. The van der Waals surface area contributed by atoms with Crippen LogP contribution in [-0.4, -0.2) is 38.5 Å². The first-order valence-electron chi connectivity index (χ1n) is 7.25. The number of carbonyl (C=O) groups is 2. The maximum absolute atomic E-state index is 11.9. The van der Waals surface area contributed by atoms with Crippen molar-refractivity contribution < 1.29 is 14.7 Å². The Labute approximate surface area is 138 Å². The van der Waals surface area contributed by atoms with E-state index in [0.717, 1.165) is 6.42 Å². The highest BCUT2D eigenvalue weighted by Crippen LogP contribution is 2.22. The third-order valence-electron chi connectivity index (χ3n) is 3.23. The SMILES string of the molecule is CCCc1c(C(=O)O)nnn1-c1ccc(C(=O)NCC)c(Cl)c1. The first-order valence-corrected chi connectivity index (χ1v) is 7.63. The number of carboxylic acids is 1. The number of hydrogen-bond acceptors (Lipinski definition) is 4. The Balaban J connectivity index is 2.45. The van der Waals surface area contributed by atoms with Gasteiger partial charge in [0, 0.05) is 6.54 Å². The van der Waals surface area contributed by atoms with E-state index in [-0.39, 0.29) is 16.6 Å². The number of nitrogens with zero attached hydrogens (tertiary/aromatic N) is 3. The van der Waals surface area contributed by atoms with Crippen molar-refractivity contribution in [3.8, 4) is 5.69 Å². The van der Waals surface area contributed by atoms with Crippen LogP contribution in [0.1, 0.15) is 46.8 Å². The number of carbonyl (C=O) groups excluding carboxylic acids is 1. The second-order valence-electron chi connectivity index (χ2n) is 4.88. The van der Waals surface area contributed by atoms with Crippen molar-refractivity contribution in [1.29, 1.82) is 0 Å². The van der Waals surface area contributed by atoms with E-state index >= 15 is 0 Å². The van der Waals surface area contributed by atoms with E-state index in [1.165, 1.54) is 4.68 Å². The first-order chi connectivity index (χ1) is 11.0. The highest BCUT2D eigenvalue weighted by Gasteiger charge is 2.20. The van der Waals surface area contributed by atoms with Gasteiger partial charge in [0.2, 0.25) is 0 Å². The van der Waals surface area contributed by atoms with Gasteiger partial charge >= 0.3 is 5.97 Å². The molecule has 0 aliphatic carbocycles. The second kappa shape index (κ2) is 7.23. The van der Waals surface area contributed by atoms with Crippen molar-refractivity contribution in [3.63, 3.8) is 0 Å². The summed E-state index contributed by atoms with van der Waals surface area (Å²) in [6.07, 6.45) is 1.27. The molecule has 1 aromatic heterocycles. The van der Waals surface area contributed by atoms with Crippen LogP contribution in [-0.2, 0) is 6.42 Å². The predicted octanol–water partition coefficient (Wildman–Crippen LogP) is 2.32. The largest absolute Gasteiger partial charge is 0.476 e. The minimum absolute atomic E-state index is 0.0734. The van der Waals surface area contributed by atoms with Gasteiger partial charge < -0.3 is 10.4 Å². The van der Waals surface area contributed by atoms with Crippen molar-refractivity contribution in [2.24, 2.45) is 0 Å². The number of aromatic nitrogens is 3. The molecule has 0 fully saturated rings. The molecule has 2 N–H and O–H groups in total. The molecule has 0 saturated heterocycles. The molecule has 0 radical (unpaired) electrons. The van der Waals surface area contributed by atoms with Crippen molar-refractivity contribution >= 4 is 23.5 Å². The van der Waals surface area contributed by atoms with Gasteiger partial charge in [0.1, 0.15) is 0 Å². The van der Waals surface area contributed by atoms with Crippen LogP contribution in [0.4, 0.5) is 0 Å². The summed E-state index contributed by atoms with van der Waals surface area (Å²) in [4.78, 5) is 23.1. The average Bonchev–Trinajstić information content (AvgIpc) is 2.91. The standard InChI is InChI=1S/C15H17ClN4O3/c1-3-5-12-13(15(22)23)18-19-20(12)9-6-7-10(11(16)8-9)14(21)17-4-2/h6-8H,3-5H2,1-2H3,(H,17,21)(H,22,23). The Bertz CT molecular complexity index is 742. The van der Waals surface area contributed by atoms with Gasteiger partial charge in [-0.25, -0.2) is 9.48 Å². The fraction of sp³-hybridized carbons (Fsp3) is 0.333. The van der Waals surface area contributed by atoms with Gasteiger partial charge in [-0.2, -0.15) is 0 Å². The summed E-state index contributed by atoms with van der Waals surface area (Å²) < 4.78 is 1.44.